The minimum Gasteiger partial charge on any atom is -0.355 e. The first-order valence-electron chi connectivity index (χ1n) is 9.77. The van der Waals surface area contributed by atoms with Crippen LogP contribution in [0.15, 0.2) is 48.7 Å². The number of nitrogens with one attached hydrogen (secondary N) is 2. The van der Waals surface area contributed by atoms with Gasteiger partial charge in [-0.05, 0) is 49.2 Å². The van der Waals surface area contributed by atoms with Gasteiger partial charge in [0, 0.05) is 18.5 Å². The van der Waals surface area contributed by atoms with Gasteiger partial charge in [0.25, 0.3) is 11.8 Å². The summed E-state index contributed by atoms with van der Waals surface area (Å²) in [4.78, 5) is 24.9. The minimum absolute atomic E-state index is 0.0143. The second-order valence-electron chi connectivity index (χ2n) is 7.41. The van der Waals surface area contributed by atoms with Gasteiger partial charge < -0.3 is 10.6 Å². The first-order chi connectivity index (χ1) is 15.2. The lowest BCUT2D eigenvalue weighted by molar-refractivity contribution is -0.137. The molecule has 1 heterocycles. The van der Waals surface area contributed by atoms with Crippen LogP contribution in [-0.2, 0) is 6.18 Å². The number of amides is 2. The van der Waals surface area contributed by atoms with E-state index in [1.54, 1.807) is 0 Å². The van der Waals surface area contributed by atoms with Crippen LogP contribution in [0.2, 0.25) is 5.02 Å². The van der Waals surface area contributed by atoms with Crippen molar-refractivity contribution < 1.29 is 22.8 Å². The molecule has 3 aromatic rings. The van der Waals surface area contributed by atoms with E-state index in [2.05, 4.69) is 15.7 Å². The number of nitrogens with zero attached hydrogens (tertiary/aromatic N) is 2. The molecule has 2 aromatic carbocycles. The standard InChI is InChI=1S/C22H18ClF3N4O2/c1-27-20(31)13-7-8-17(23)18(9-13)29-21(32)16-11-28-30(19(16)12-5-6-12)15-4-2-3-14(10-15)22(24,25)26/h2-4,7-12H,5-6H2,1H3,(H,27,31)(H,29,32). The lowest BCUT2D eigenvalue weighted by Gasteiger charge is -2.13. The highest BCUT2D eigenvalue weighted by molar-refractivity contribution is 6.34. The zero-order valence-electron chi connectivity index (χ0n) is 16.8. The predicted octanol–water partition coefficient (Wildman–Crippen LogP) is 5.03. The first-order valence-corrected chi connectivity index (χ1v) is 10.2. The van der Waals surface area contributed by atoms with Crippen molar-refractivity contribution in [2.75, 3.05) is 12.4 Å². The molecular weight excluding hydrogens is 445 g/mol. The second-order valence-corrected chi connectivity index (χ2v) is 7.81. The molecule has 32 heavy (non-hydrogen) atoms. The van der Waals surface area contributed by atoms with Crippen LogP contribution in [0.25, 0.3) is 5.69 Å². The van der Waals surface area contributed by atoms with Crippen molar-refractivity contribution in [1.29, 1.82) is 0 Å². The van der Waals surface area contributed by atoms with E-state index in [9.17, 15) is 22.8 Å². The van der Waals surface area contributed by atoms with E-state index >= 15 is 0 Å². The Morgan fingerprint density at radius 2 is 1.88 bits per heavy atom. The molecule has 6 nitrogen and oxygen atoms in total. The highest BCUT2D eigenvalue weighted by Crippen LogP contribution is 2.43. The average Bonchev–Trinajstić information content (AvgIpc) is 3.51. The second kappa shape index (κ2) is 8.31. The fourth-order valence-electron chi connectivity index (χ4n) is 3.40. The van der Waals surface area contributed by atoms with E-state index in [1.807, 2.05) is 0 Å². The third-order valence-electron chi connectivity index (χ3n) is 5.14. The molecule has 1 aliphatic rings. The van der Waals surface area contributed by atoms with Gasteiger partial charge in [0.1, 0.15) is 0 Å². The molecule has 0 aliphatic heterocycles. The Morgan fingerprint density at radius 3 is 2.53 bits per heavy atom. The van der Waals surface area contributed by atoms with Crippen LogP contribution in [0.3, 0.4) is 0 Å². The monoisotopic (exact) mass is 462 g/mol. The summed E-state index contributed by atoms with van der Waals surface area (Å²) in [5.74, 6) is -0.838. The molecule has 0 unspecified atom stereocenters. The van der Waals surface area contributed by atoms with Crippen LogP contribution in [0.4, 0.5) is 18.9 Å². The summed E-state index contributed by atoms with van der Waals surface area (Å²) in [5.41, 5.74) is 0.767. The van der Waals surface area contributed by atoms with Gasteiger partial charge in [-0.1, -0.05) is 17.7 Å². The summed E-state index contributed by atoms with van der Waals surface area (Å²) in [7, 11) is 1.49. The molecule has 0 saturated heterocycles. The normalized spacial score (nSPS) is 13.7. The van der Waals surface area contributed by atoms with Crippen LogP contribution in [0.5, 0.6) is 0 Å². The van der Waals surface area contributed by atoms with Crippen LogP contribution >= 0.6 is 11.6 Å². The number of carbonyl (C=O) groups is 2. The Balaban J connectivity index is 1.69. The van der Waals surface area contributed by atoms with Gasteiger partial charge in [0.2, 0.25) is 0 Å². The number of carbonyl (C=O) groups excluding carboxylic acids is 2. The summed E-state index contributed by atoms with van der Waals surface area (Å²) < 4.78 is 40.8. The number of alkyl halides is 3. The van der Waals surface area contributed by atoms with Gasteiger partial charge in [-0.25, -0.2) is 4.68 Å². The van der Waals surface area contributed by atoms with Crippen molar-refractivity contribution >= 4 is 29.1 Å². The molecule has 0 atom stereocenters. The number of halogens is 4. The fraction of sp³-hybridized carbons (Fsp3) is 0.227. The van der Waals surface area contributed by atoms with Gasteiger partial charge in [-0.15, -0.1) is 0 Å². The molecule has 1 fully saturated rings. The molecule has 2 N–H and O–H groups in total. The highest BCUT2D eigenvalue weighted by Gasteiger charge is 2.34. The van der Waals surface area contributed by atoms with E-state index in [0.29, 0.717) is 11.3 Å². The van der Waals surface area contributed by atoms with E-state index < -0.39 is 17.6 Å². The van der Waals surface area contributed by atoms with Crippen LogP contribution in [0, 0.1) is 0 Å². The third kappa shape index (κ3) is 4.34. The Hall–Kier alpha value is -3.33. The Kier molecular flexibility index (Phi) is 5.68. The van der Waals surface area contributed by atoms with Crippen molar-refractivity contribution in [3.05, 3.63) is 76.1 Å². The zero-order chi connectivity index (χ0) is 23.0. The summed E-state index contributed by atoms with van der Waals surface area (Å²) in [5, 5.41) is 9.63. The van der Waals surface area contributed by atoms with Gasteiger partial charge in [-0.2, -0.15) is 18.3 Å². The van der Waals surface area contributed by atoms with Crippen molar-refractivity contribution in [3.8, 4) is 5.69 Å². The Labute approximate surface area is 186 Å². The molecule has 0 spiro atoms. The molecular formula is C22H18ClF3N4O2. The van der Waals surface area contributed by atoms with Crippen molar-refractivity contribution in [3.63, 3.8) is 0 Å². The third-order valence-corrected chi connectivity index (χ3v) is 5.47. The largest absolute Gasteiger partial charge is 0.416 e. The van der Waals surface area contributed by atoms with Gasteiger partial charge in [0.05, 0.1) is 39.4 Å². The topological polar surface area (TPSA) is 76.0 Å². The maximum atomic E-state index is 13.1. The molecule has 0 radical (unpaired) electrons. The molecule has 1 aromatic heterocycles. The average molecular weight is 463 g/mol. The number of anilines is 1. The van der Waals surface area contributed by atoms with Crippen molar-refractivity contribution in [1.82, 2.24) is 15.1 Å². The quantitative estimate of drug-likeness (QED) is 0.558. The maximum Gasteiger partial charge on any atom is 0.416 e. The van der Waals surface area contributed by atoms with Gasteiger partial charge in [-0.3, -0.25) is 9.59 Å². The summed E-state index contributed by atoms with van der Waals surface area (Å²) in [6.45, 7) is 0. The van der Waals surface area contributed by atoms with Gasteiger partial charge >= 0.3 is 6.18 Å². The minimum atomic E-state index is -4.49. The number of rotatable bonds is 5. The number of aromatic nitrogens is 2. The van der Waals surface area contributed by atoms with Crippen LogP contribution in [-0.4, -0.2) is 28.6 Å². The van der Waals surface area contributed by atoms with Crippen molar-refractivity contribution in [2.24, 2.45) is 0 Å². The van der Waals surface area contributed by atoms with Crippen LogP contribution in [0.1, 0.15) is 50.7 Å². The van der Waals surface area contributed by atoms with Gasteiger partial charge in [0.15, 0.2) is 0 Å². The van der Waals surface area contributed by atoms with E-state index in [1.165, 1.54) is 48.3 Å². The Bertz CT molecular complexity index is 1200. The summed E-state index contributed by atoms with van der Waals surface area (Å²) in [6.07, 6.45) is -1.55. The first kappa shape index (κ1) is 21.9. The molecule has 0 bridgehead atoms. The Morgan fingerprint density at radius 1 is 1.12 bits per heavy atom. The van der Waals surface area contributed by atoms with E-state index in [4.69, 9.17) is 11.6 Å². The van der Waals surface area contributed by atoms with E-state index in [0.717, 1.165) is 25.0 Å². The molecule has 1 saturated carbocycles. The molecule has 10 heteroatoms. The van der Waals surface area contributed by atoms with Crippen molar-refractivity contribution in [2.45, 2.75) is 24.9 Å². The maximum absolute atomic E-state index is 13.1. The lowest BCUT2D eigenvalue weighted by atomic mass is 10.1. The predicted molar refractivity (Wildman–Crippen MR) is 113 cm³/mol. The lowest BCUT2D eigenvalue weighted by Crippen LogP contribution is -2.19. The smallest absolute Gasteiger partial charge is 0.355 e. The number of hydrogen-bond donors (Lipinski definition) is 2. The molecule has 2 amide bonds. The fourth-order valence-corrected chi connectivity index (χ4v) is 3.56. The molecule has 4 rings (SSSR count). The molecule has 166 valence electrons. The summed E-state index contributed by atoms with van der Waals surface area (Å²) >= 11 is 6.18. The number of benzene rings is 2. The summed E-state index contributed by atoms with van der Waals surface area (Å²) in [6, 6.07) is 9.28. The van der Waals surface area contributed by atoms with E-state index in [-0.39, 0.29) is 33.8 Å². The zero-order valence-corrected chi connectivity index (χ0v) is 17.6. The van der Waals surface area contributed by atoms with Crippen LogP contribution < -0.4 is 10.6 Å². The highest BCUT2D eigenvalue weighted by atomic mass is 35.5. The molecule has 1 aliphatic carbocycles. The number of hydrogen-bond acceptors (Lipinski definition) is 3. The SMILES string of the molecule is CNC(=O)c1ccc(Cl)c(NC(=O)c2cnn(-c3cccc(C(F)(F)F)c3)c2C2CC2)c1.